The van der Waals surface area contributed by atoms with Crippen LogP contribution >= 0.6 is 0 Å². The van der Waals surface area contributed by atoms with Gasteiger partial charge in [0, 0.05) is 19.0 Å². The molecule has 1 amide bonds. The summed E-state index contributed by atoms with van der Waals surface area (Å²) >= 11 is 0. The molecular formula is C16H23F3N2O. The Morgan fingerprint density at radius 1 is 1.27 bits per heavy atom. The molecular weight excluding hydrogens is 293 g/mol. The van der Waals surface area contributed by atoms with E-state index in [4.69, 9.17) is 0 Å². The van der Waals surface area contributed by atoms with Gasteiger partial charge in [0.2, 0.25) is 5.91 Å². The summed E-state index contributed by atoms with van der Waals surface area (Å²) in [6, 6.07) is 7.58. The first-order chi connectivity index (χ1) is 10.2. The first-order valence-electron chi connectivity index (χ1n) is 7.28. The van der Waals surface area contributed by atoms with Gasteiger partial charge >= 0.3 is 6.18 Å². The number of amides is 1. The Labute approximate surface area is 129 Å². The summed E-state index contributed by atoms with van der Waals surface area (Å²) in [7, 11) is 1.67. The lowest BCUT2D eigenvalue weighted by Crippen LogP contribution is -2.44. The van der Waals surface area contributed by atoms with Crippen LogP contribution in [0.3, 0.4) is 0 Å². The van der Waals surface area contributed by atoms with E-state index in [1.807, 2.05) is 31.2 Å². The van der Waals surface area contributed by atoms with Crippen molar-refractivity contribution in [2.75, 3.05) is 26.7 Å². The smallest absolute Gasteiger partial charge is 0.333 e. The van der Waals surface area contributed by atoms with Crippen molar-refractivity contribution in [3.63, 3.8) is 0 Å². The van der Waals surface area contributed by atoms with Gasteiger partial charge in [-0.15, -0.1) is 0 Å². The molecule has 3 nitrogen and oxygen atoms in total. The molecule has 0 bridgehead atoms. The van der Waals surface area contributed by atoms with Gasteiger partial charge in [-0.05, 0) is 26.0 Å². The molecule has 0 aliphatic heterocycles. The molecule has 1 unspecified atom stereocenters. The van der Waals surface area contributed by atoms with Gasteiger partial charge in [0.15, 0.2) is 0 Å². The Morgan fingerprint density at radius 3 is 2.36 bits per heavy atom. The van der Waals surface area contributed by atoms with E-state index in [1.54, 1.807) is 14.0 Å². The van der Waals surface area contributed by atoms with Crippen LogP contribution in [0.1, 0.15) is 18.1 Å². The van der Waals surface area contributed by atoms with Crippen LogP contribution in [0.25, 0.3) is 0 Å². The summed E-state index contributed by atoms with van der Waals surface area (Å²) < 4.78 is 38.1. The van der Waals surface area contributed by atoms with Crippen LogP contribution in [0, 0.1) is 12.8 Å². The average Bonchev–Trinajstić information content (AvgIpc) is 2.43. The standard InChI is InChI=1S/C16H23F3N2O/c1-12-4-6-14(7-5-12)8-9-21(11-16(17,18)19)15(22)13(2)10-20-3/h4-7,13,20H,8-11H2,1-3H3. The summed E-state index contributed by atoms with van der Waals surface area (Å²) in [6.07, 6.45) is -3.98. The van der Waals surface area contributed by atoms with E-state index in [-0.39, 0.29) is 6.54 Å². The third-order valence-corrected chi connectivity index (χ3v) is 3.40. The highest BCUT2D eigenvalue weighted by Gasteiger charge is 2.34. The average molecular weight is 316 g/mol. The molecule has 0 aliphatic rings. The number of hydrogen-bond acceptors (Lipinski definition) is 2. The van der Waals surface area contributed by atoms with Crippen molar-refractivity contribution >= 4 is 5.91 Å². The maximum Gasteiger partial charge on any atom is 0.406 e. The number of nitrogens with zero attached hydrogens (tertiary/aromatic N) is 1. The third kappa shape index (κ3) is 6.47. The van der Waals surface area contributed by atoms with Crippen LogP contribution < -0.4 is 5.32 Å². The molecule has 0 saturated carbocycles. The zero-order valence-electron chi connectivity index (χ0n) is 13.2. The minimum absolute atomic E-state index is 0.0649. The first-order valence-corrected chi connectivity index (χ1v) is 7.28. The van der Waals surface area contributed by atoms with Gasteiger partial charge in [-0.25, -0.2) is 0 Å². The van der Waals surface area contributed by atoms with Crippen molar-refractivity contribution in [1.29, 1.82) is 0 Å². The van der Waals surface area contributed by atoms with Gasteiger partial charge in [-0.2, -0.15) is 13.2 Å². The quantitative estimate of drug-likeness (QED) is 0.839. The molecule has 0 radical (unpaired) electrons. The molecule has 1 atom stereocenters. The lowest BCUT2D eigenvalue weighted by Gasteiger charge is -2.27. The molecule has 124 valence electrons. The van der Waals surface area contributed by atoms with Gasteiger partial charge in [-0.1, -0.05) is 36.8 Å². The number of rotatable bonds is 7. The first kappa shape index (κ1) is 18.5. The lowest BCUT2D eigenvalue weighted by molar-refractivity contribution is -0.163. The molecule has 0 aliphatic carbocycles. The Morgan fingerprint density at radius 2 is 1.86 bits per heavy atom. The topological polar surface area (TPSA) is 32.3 Å². The molecule has 0 saturated heterocycles. The van der Waals surface area contributed by atoms with Gasteiger partial charge < -0.3 is 10.2 Å². The van der Waals surface area contributed by atoms with Crippen molar-refractivity contribution in [1.82, 2.24) is 10.2 Å². The molecule has 6 heteroatoms. The number of alkyl halides is 3. The van der Waals surface area contributed by atoms with Crippen LogP contribution in [0.2, 0.25) is 0 Å². The minimum atomic E-state index is -4.39. The third-order valence-electron chi connectivity index (χ3n) is 3.40. The van der Waals surface area contributed by atoms with Gasteiger partial charge in [0.1, 0.15) is 6.54 Å². The number of carbonyl (C=O) groups excluding carboxylic acids is 1. The SMILES string of the molecule is CNCC(C)C(=O)N(CCc1ccc(C)cc1)CC(F)(F)F. The second kappa shape index (κ2) is 8.17. The maximum atomic E-state index is 12.7. The largest absolute Gasteiger partial charge is 0.406 e. The number of aryl methyl sites for hydroxylation is 1. The van der Waals surface area contributed by atoms with E-state index in [0.717, 1.165) is 16.0 Å². The van der Waals surface area contributed by atoms with E-state index >= 15 is 0 Å². The van der Waals surface area contributed by atoms with E-state index in [9.17, 15) is 18.0 Å². The Bertz CT molecular complexity index is 471. The van der Waals surface area contributed by atoms with E-state index in [0.29, 0.717) is 13.0 Å². The molecule has 1 aromatic rings. The van der Waals surface area contributed by atoms with Crippen LogP contribution in [-0.4, -0.2) is 43.7 Å². The van der Waals surface area contributed by atoms with Gasteiger partial charge in [0.05, 0.1) is 0 Å². The molecule has 0 fully saturated rings. The van der Waals surface area contributed by atoms with E-state index < -0.39 is 24.5 Å². The van der Waals surface area contributed by atoms with Crippen molar-refractivity contribution in [2.45, 2.75) is 26.4 Å². The Balaban J connectivity index is 2.73. The summed E-state index contributed by atoms with van der Waals surface area (Å²) in [4.78, 5) is 13.1. The molecule has 22 heavy (non-hydrogen) atoms. The predicted molar refractivity (Wildman–Crippen MR) is 80.6 cm³/mol. The zero-order valence-corrected chi connectivity index (χ0v) is 13.2. The van der Waals surface area contributed by atoms with Crippen LogP contribution in [0.4, 0.5) is 13.2 Å². The number of carbonyl (C=O) groups is 1. The molecule has 0 aromatic heterocycles. The fourth-order valence-electron chi connectivity index (χ4n) is 2.21. The fourth-order valence-corrected chi connectivity index (χ4v) is 2.21. The molecule has 1 rings (SSSR count). The van der Waals surface area contributed by atoms with Gasteiger partial charge in [-0.3, -0.25) is 4.79 Å². The highest BCUT2D eigenvalue weighted by Crippen LogP contribution is 2.18. The summed E-state index contributed by atoms with van der Waals surface area (Å²) in [5.74, 6) is -0.954. The Kier molecular flexibility index (Phi) is 6.87. The zero-order chi connectivity index (χ0) is 16.8. The fraction of sp³-hybridized carbons (Fsp3) is 0.562. The second-order valence-electron chi connectivity index (χ2n) is 5.57. The molecule has 1 aromatic carbocycles. The van der Waals surface area contributed by atoms with Crippen molar-refractivity contribution in [2.24, 2.45) is 5.92 Å². The summed E-state index contributed by atoms with van der Waals surface area (Å²) in [5, 5.41) is 2.82. The van der Waals surface area contributed by atoms with E-state index in [1.165, 1.54) is 0 Å². The second-order valence-corrected chi connectivity index (χ2v) is 5.57. The number of nitrogens with one attached hydrogen (secondary N) is 1. The minimum Gasteiger partial charge on any atom is -0.333 e. The summed E-state index contributed by atoms with van der Waals surface area (Å²) in [6.45, 7) is 2.80. The van der Waals surface area contributed by atoms with Crippen molar-refractivity contribution in [3.8, 4) is 0 Å². The van der Waals surface area contributed by atoms with Crippen molar-refractivity contribution in [3.05, 3.63) is 35.4 Å². The Hall–Kier alpha value is -1.56. The predicted octanol–water partition coefficient (Wildman–Crippen LogP) is 2.78. The van der Waals surface area contributed by atoms with Gasteiger partial charge in [0.25, 0.3) is 0 Å². The summed E-state index contributed by atoms with van der Waals surface area (Å²) in [5.41, 5.74) is 2.02. The van der Waals surface area contributed by atoms with Crippen LogP contribution in [0.5, 0.6) is 0 Å². The number of halogens is 3. The number of benzene rings is 1. The molecule has 1 N–H and O–H groups in total. The van der Waals surface area contributed by atoms with Crippen LogP contribution in [0.15, 0.2) is 24.3 Å². The molecule has 0 spiro atoms. The van der Waals surface area contributed by atoms with Crippen LogP contribution in [-0.2, 0) is 11.2 Å². The van der Waals surface area contributed by atoms with Crippen molar-refractivity contribution < 1.29 is 18.0 Å². The highest BCUT2D eigenvalue weighted by atomic mass is 19.4. The number of hydrogen-bond donors (Lipinski definition) is 1. The molecule has 0 heterocycles. The normalized spacial score (nSPS) is 13.0. The lowest BCUT2D eigenvalue weighted by atomic mass is 10.1. The van der Waals surface area contributed by atoms with E-state index in [2.05, 4.69) is 5.32 Å². The highest BCUT2D eigenvalue weighted by molar-refractivity contribution is 5.78. The maximum absolute atomic E-state index is 12.7. The monoisotopic (exact) mass is 316 g/mol.